The molecule has 1 fully saturated rings. The molecule has 2 aliphatic heterocycles. The number of fused-ring (bicyclic) bond motifs is 1. The lowest BCUT2D eigenvalue weighted by Gasteiger charge is -2.11. The Morgan fingerprint density at radius 1 is 1.00 bits per heavy atom. The van der Waals surface area contributed by atoms with Gasteiger partial charge in [0.15, 0.2) is 11.5 Å². The molecule has 1 aromatic rings. The van der Waals surface area contributed by atoms with Gasteiger partial charge < -0.3 is 19.3 Å². The number of hydrogen-bond donors (Lipinski definition) is 1. The summed E-state index contributed by atoms with van der Waals surface area (Å²) in [5.74, 6) is 1.18. The summed E-state index contributed by atoms with van der Waals surface area (Å²) in [6, 6.07) is 6.21. The zero-order chi connectivity index (χ0) is 18.4. The van der Waals surface area contributed by atoms with E-state index in [1.807, 2.05) is 6.07 Å². The van der Waals surface area contributed by atoms with Crippen molar-refractivity contribution in [3.05, 3.63) is 23.8 Å². The molecule has 0 radical (unpaired) electrons. The molecule has 0 spiro atoms. The molecule has 3 rings (SSSR count). The number of unbranched alkanes of at least 4 members (excludes halogenated alkanes) is 6. The van der Waals surface area contributed by atoms with Crippen LogP contribution in [0, 0.1) is 5.92 Å². The van der Waals surface area contributed by atoms with E-state index in [-0.39, 0.29) is 18.0 Å². The van der Waals surface area contributed by atoms with Crippen molar-refractivity contribution in [3.8, 4) is 11.5 Å². The first-order chi connectivity index (χ1) is 12.6. The van der Waals surface area contributed by atoms with Gasteiger partial charge >= 0.3 is 5.97 Å². The molecule has 144 valence electrons. The molecule has 0 bridgehead atoms. The van der Waals surface area contributed by atoms with Crippen LogP contribution in [-0.2, 0) is 16.0 Å². The summed E-state index contributed by atoms with van der Waals surface area (Å²) in [6.45, 7) is 2.09. The highest BCUT2D eigenvalue weighted by molar-refractivity contribution is 5.75. The van der Waals surface area contributed by atoms with Crippen molar-refractivity contribution in [2.45, 2.75) is 76.9 Å². The minimum Gasteiger partial charge on any atom is -0.460 e. The fourth-order valence-electron chi connectivity index (χ4n) is 3.77. The average molecular weight is 362 g/mol. The third kappa shape index (κ3) is 4.91. The minimum atomic E-state index is -0.626. The Morgan fingerprint density at radius 3 is 2.42 bits per heavy atom. The minimum absolute atomic E-state index is 0.228. The van der Waals surface area contributed by atoms with Crippen molar-refractivity contribution < 1.29 is 24.1 Å². The van der Waals surface area contributed by atoms with Gasteiger partial charge in [-0.25, -0.2) is 0 Å². The van der Waals surface area contributed by atoms with E-state index in [0.29, 0.717) is 6.79 Å². The van der Waals surface area contributed by atoms with Crippen molar-refractivity contribution >= 4 is 5.97 Å². The molecule has 0 unspecified atom stereocenters. The van der Waals surface area contributed by atoms with E-state index in [0.717, 1.165) is 37.2 Å². The lowest BCUT2D eigenvalue weighted by molar-refractivity contribution is -0.143. The van der Waals surface area contributed by atoms with Gasteiger partial charge in [0.25, 0.3) is 0 Å². The van der Waals surface area contributed by atoms with Crippen LogP contribution in [0.4, 0.5) is 0 Å². The Kier molecular flexibility index (Phi) is 6.78. The summed E-state index contributed by atoms with van der Waals surface area (Å²) in [6.07, 6.45) is 9.05. The number of esters is 1. The van der Waals surface area contributed by atoms with Gasteiger partial charge in [-0.1, -0.05) is 44.6 Å². The Labute approximate surface area is 155 Å². The van der Waals surface area contributed by atoms with Crippen LogP contribution < -0.4 is 9.47 Å². The van der Waals surface area contributed by atoms with Gasteiger partial charge in [-0.05, 0) is 43.9 Å². The molecule has 1 N–H and O–H groups in total. The van der Waals surface area contributed by atoms with Crippen LogP contribution in [0.5, 0.6) is 11.5 Å². The fraction of sp³-hybridized carbons (Fsp3) is 0.667. The fourth-order valence-corrected chi connectivity index (χ4v) is 3.77. The number of benzene rings is 1. The van der Waals surface area contributed by atoms with Gasteiger partial charge in [-0.15, -0.1) is 0 Å². The third-order valence-electron chi connectivity index (χ3n) is 5.42. The van der Waals surface area contributed by atoms with Gasteiger partial charge in [-0.3, -0.25) is 4.79 Å². The number of aliphatic hydroxyl groups excluding tert-OH is 1. The number of carbonyl (C=O) groups is 1. The summed E-state index contributed by atoms with van der Waals surface area (Å²) in [4.78, 5) is 11.6. The molecule has 2 heterocycles. The van der Waals surface area contributed by atoms with Crippen LogP contribution in [0.3, 0.4) is 0 Å². The predicted octanol–water partition coefficient (Wildman–Crippen LogP) is 4.00. The van der Waals surface area contributed by atoms with Crippen LogP contribution in [0.15, 0.2) is 18.2 Å². The lowest BCUT2D eigenvalue weighted by atomic mass is 9.95. The molecule has 3 atom stereocenters. The Bertz CT molecular complexity index is 600. The molecule has 5 nitrogen and oxygen atoms in total. The second-order valence-electron chi connectivity index (χ2n) is 7.44. The van der Waals surface area contributed by atoms with E-state index in [4.69, 9.17) is 14.2 Å². The molecule has 0 aromatic heterocycles. The topological polar surface area (TPSA) is 65.0 Å². The number of carbonyl (C=O) groups excluding carboxylic acids is 1. The smallest absolute Gasteiger partial charge is 0.312 e. The highest BCUT2D eigenvalue weighted by Crippen LogP contribution is 2.33. The van der Waals surface area contributed by atoms with Crippen molar-refractivity contribution in [2.24, 2.45) is 5.92 Å². The maximum absolute atomic E-state index is 11.6. The highest BCUT2D eigenvalue weighted by Gasteiger charge is 2.40. The number of ether oxygens (including phenoxy) is 3. The monoisotopic (exact) mass is 362 g/mol. The molecular weight excluding hydrogens is 332 g/mol. The summed E-state index contributed by atoms with van der Waals surface area (Å²) >= 11 is 0. The van der Waals surface area contributed by atoms with E-state index >= 15 is 0 Å². The first kappa shape index (κ1) is 19.0. The van der Waals surface area contributed by atoms with Crippen molar-refractivity contribution in [1.82, 2.24) is 0 Å². The Balaban J connectivity index is 1.19. The van der Waals surface area contributed by atoms with Gasteiger partial charge in [0.05, 0.1) is 5.92 Å². The molecule has 26 heavy (non-hydrogen) atoms. The number of hydrogen-bond acceptors (Lipinski definition) is 5. The van der Waals surface area contributed by atoms with Crippen LogP contribution in [-0.4, -0.2) is 30.1 Å². The van der Waals surface area contributed by atoms with Crippen LogP contribution in [0.25, 0.3) is 0 Å². The third-order valence-corrected chi connectivity index (χ3v) is 5.42. The molecular formula is C21H30O5. The van der Waals surface area contributed by atoms with Crippen molar-refractivity contribution in [2.75, 3.05) is 6.79 Å². The lowest BCUT2D eigenvalue weighted by Crippen LogP contribution is -2.24. The highest BCUT2D eigenvalue weighted by atomic mass is 16.7. The molecule has 1 saturated heterocycles. The van der Waals surface area contributed by atoms with Crippen LogP contribution in [0.1, 0.15) is 63.9 Å². The number of cyclic esters (lactones) is 1. The molecule has 1 aromatic carbocycles. The van der Waals surface area contributed by atoms with Gasteiger partial charge in [0, 0.05) is 0 Å². The summed E-state index contributed by atoms with van der Waals surface area (Å²) in [5.41, 5.74) is 1.31. The summed E-state index contributed by atoms with van der Waals surface area (Å²) < 4.78 is 15.8. The zero-order valence-corrected chi connectivity index (χ0v) is 15.6. The van der Waals surface area contributed by atoms with Gasteiger partial charge in [0.2, 0.25) is 6.79 Å². The maximum atomic E-state index is 11.6. The quantitative estimate of drug-likeness (QED) is 0.503. The van der Waals surface area contributed by atoms with Crippen molar-refractivity contribution in [1.29, 1.82) is 0 Å². The second-order valence-corrected chi connectivity index (χ2v) is 7.44. The summed E-state index contributed by atoms with van der Waals surface area (Å²) in [7, 11) is 0. The number of rotatable bonds is 10. The van der Waals surface area contributed by atoms with E-state index in [2.05, 4.69) is 12.1 Å². The molecule has 0 aliphatic carbocycles. The van der Waals surface area contributed by atoms with E-state index in [9.17, 15) is 9.90 Å². The number of aliphatic hydroxyl groups is 1. The van der Waals surface area contributed by atoms with Crippen molar-refractivity contribution in [3.63, 3.8) is 0 Å². The summed E-state index contributed by atoms with van der Waals surface area (Å²) in [5, 5.41) is 9.91. The van der Waals surface area contributed by atoms with E-state index in [1.54, 1.807) is 6.92 Å². The molecule has 5 heteroatoms. The molecule has 0 amide bonds. The molecule has 2 aliphatic rings. The molecule has 0 saturated carbocycles. The van der Waals surface area contributed by atoms with Gasteiger partial charge in [0.1, 0.15) is 12.2 Å². The van der Waals surface area contributed by atoms with E-state index < -0.39 is 6.10 Å². The predicted molar refractivity (Wildman–Crippen MR) is 98.3 cm³/mol. The first-order valence-corrected chi connectivity index (χ1v) is 9.92. The number of aryl methyl sites for hydroxylation is 1. The van der Waals surface area contributed by atoms with Crippen LogP contribution >= 0.6 is 0 Å². The zero-order valence-electron chi connectivity index (χ0n) is 15.6. The standard InChI is InChI=1S/C21H30O5/c1-15-20(22)17(21(23)26-15)10-8-6-4-2-3-5-7-9-16-11-12-18-19(13-16)25-14-24-18/h11-13,15,17,20,22H,2-10,14H2,1H3/t15-,17-,20-/m1/s1. The van der Waals surface area contributed by atoms with Crippen LogP contribution in [0.2, 0.25) is 0 Å². The Morgan fingerprint density at radius 2 is 1.69 bits per heavy atom. The SMILES string of the molecule is C[C@H]1OC(=O)[C@H](CCCCCCCCCc2ccc3c(c2)OCO3)[C@@H]1O. The largest absolute Gasteiger partial charge is 0.460 e. The second kappa shape index (κ2) is 9.26. The average Bonchev–Trinajstić information content (AvgIpc) is 3.19. The Hall–Kier alpha value is -1.75. The first-order valence-electron chi connectivity index (χ1n) is 9.92. The maximum Gasteiger partial charge on any atom is 0.312 e. The van der Waals surface area contributed by atoms with Gasteiger partial charge in [-0.2, -0.15) is 0 Å². The normalized spacial score (nSPS) is 24.1. The van der Waals surface area contributed by atoms with E-state index in [1.165, 1.54) is 37.7 Å².